The number of hydrogen-bond acceptors (Lipinski definition) is 12. The Morgan fingerprint density at radius 3 is 2.27 bits per heavy atom. The average Bonchev–Trinajstić information content (AvgIpc) is 3.26. The van der Waals surface area contributed by atoms with Crippen LogP contribution in [-0.4, -0.2) is 124 Å². The van der Waals surface area contributed by atoms with E-state index < -0.39 is 101 Å². The maximum absolute atomic E-state index is 13.9. The third kappa shape index (κ3) is 5.18. The quantitative estimate of drug-likeness (QED) is 0.166. The Labute approximate surface area is 264 Å². The van der Waals surface area contributed by atoms with Crippen LogP contribution in [0.15, 0.2) is 11.6 Å². The summed E-state index contributed by atoms with van der Waals surface area (Å²) in [6.07, 6.45) is -7.48. The molecule has 1 aliphatic heterocycles. The largest absolute Gasteiger partial charge is 0.394 e. The zero-order chi connectivity index (χ0) is 33.5. The molecule has 0 bridgehead atoms. The van der Waals surface area contributed by atoms with Crippen LogP contribution in [0, 0.1) is 28.6 Å². The maximum atomic E-state index is 13.9. The van der Waals surface area contributed by atoms with Gasteiger partial charge in [-0.15, -0.1) is 0 Å². The smallest absolute Gasteiger partial charge is 0.187 e. The summed E-state index contributed by atoms with van der Waals surface area (Å²) in [5, 5.41) is 99.0. The van der Waals surface area contributed by atoms with Gasteiger partial charge in [0.1, 0.15) is 30.0 Å². The van der Waals surface area contributed by atoms with Crippen LogP contribution in [0.25, 0.3) is 0 Å². The number of aliphatic hydroxyl groups is 9. The summed E-state index contributed by atoms with van der Waals surface area (Å²) >= 11 is 0. The van der Waals surface area contributed by atoms with E-state index in [9.17, 15) is 50.8 Å². The summed E-state index contributed by atoms with van der Waals surface area (Å²) in [5.41, 5.74) is -6.51. The molecule has 9 N–H and O–H groups in total. The summed E-state index contributed by atoms with van der Waals surface area (Å²) in [6.45, 7) is 8.73. The average molecular weight is 643 g/mol. The third-order valence-electron chi connectivity index (χ3n) is 12.8. The molecule has 1 saturated heterocycles. The van der Waals surface area contributed by atoms with Crippen molar-refractivity contribution in [3.63, 3.8) is 0 Å². The first-order chi connectivity index (χ1) is 20.8. The number of aliphatic hydroxyl groups excluding tert-OH is 6. The van der Waals surface area contributed by atoms with Crippen molar-refractivity contribution in [1.82, 2.24) is 0 Å². The molecular weight excluding hydrogens is 588 g/mol. The molecule has 1 heterocycles. The minimum atomic E-state index is -2.00. The first-order valence-electron chi connectivity index (χ1n) is 16.5. The molecule has 0 aromatic heterocycles. The molecule has 4 fully saturated rings. The predicted octanol–water partition coefficient (Wildman–Crippen LogP) is -0.322. The van der Waals surface area contributed by atoms with Crippen LogP contribution in [0.4, 0.5) is 0 Å². The van der Waals surface area contributed by atoms with Gasteiger partial charge in [0.15, 0.2) is 12.1 Å². The number of ether oxygens (including phenoxy) is 2. The van der Waals surface area contributed by atoms with Gasteiger partial charge < -0.3 is 55.4 Å². The first kappa shape index (κ1) is 35.3. The van der Waals surface area contributed by atoms with Crippen molar-refractivity contribution in [3.05, 3.63) is 11.6 Å². The van der Waals surface area contributed by atoms with Gasteiger partial charge in [-0.1, -0.05) is 27.7 Å². The van der Waals surface area contributed by atoms with Gasteiger partial charge >= 0.3 is 0 Å². The Balaban J connectivity index is 1.42. The van der Waals surface area contributed by atoms with Gasteiger partial charge in [-0.05, 0) is 81.3 Å². The SMILES string of the molecule is CC(C)CC[C@@H](O)[C@](C)(O)[C@H]1CCC2(O)C3=CC(=O)[C@]4(O)C[C@@H](O[C@@H]5O[C@H](CO)[C@@H](O)[C@H](O)[C@H]5O)[C@@H](O)C[C@]4(C)[C@H]3CC[C@]12C. The van der Waals surface area contributed by atoms with Gasteiger partial charge in [-0.2, -0.15) is 0 Å². The number of hydrogen-bond donors (Lipinski definition) is 9. The molecule has 258 valence electrons. The van der Waals surface area contributed by atoms with Crippen LogP contribution < -0.4 is 0 Å². The van der Waals surface area contributed by atoms with Crippen LogP contribution in [0.5, 0.6) is 0 Å². The number of ketones is 1. The van der Waals surface area contributed by atoms with Gasteiger partial charge in [-0.25, -0.2) is 0 Å². The van der Waals surface area contributed by atoms with Gasteiger partial charge in [0.05, 0.1) is 36.1 Å². The molecule has 1 unspecified atom stereocenters. The molecule has 15 atom stereocenters. The highest BCUT2D eigenvalue weighted by molar-refractivity contribution is 6.00. The van der Waals surface area contributed by atoms with E-state index in [-0.39, 0.29) is 19.3 Å². The Hall–Kier alpha value is -1.03. The fourth-order valence-corrected chi connectivity index (χ4v) is 9.78. The lowest BCUT2D eigenvalue weighted by atomic mass is 9.44. The fraction of sp³-hybridized carbons (Fsp3) is 0.909. The zero-order valence-electron chi connectivity index (χ0n) is 27.0. The van der Waals surface area contributed by atoms with Gasteiger partial charge in [0.25, 0.3) is 0 Å². The molecule has 3 saturated carbocycles. The van der Waals surface area contributed by atoms with E-state index in [1.54, 1.807) is 13.8 Å². The van der Waals surface area contributed by atoms with Crippen LogP contribution in [0.1, 0.15) is 86.0 Å². The molecule has 0 aromatic rings. The standard InChI is InChI=1S/C33H54O12/c1-16(2)6-7-23(36)31(5,41)22-9-11-32(42)18-12-24(37)33(43)14-20(44-28-27(40)26(39)25(38)21(15-34)45-28)19(35)13-30(33,4)17(18)8-10-29(22,32)3/h12,16-17,19-23,25-28,34-36,38-43H,6-11,13-15H2,1-5H3/t17-,19-,20+,21+,22-,23+,25+,26-,27+,28+,29+,30+,31+,32?,33+/m0/s1. The first-order valence-corrected chi connectivity index (χ1v) is 16.5. The van der Waals surface area contributed by atoms with Crippen molar-refractivity contribution < 1.29 is 60.2 Å². The van der Waals surface area contributed by atoms with Crippen LogP contribution >= 0.6 is 0 Å². The van der Waals surface area contributed by atoms with Gasteiger partial charge in [-0.3, -0.25) is 4.79 Å². The highest BCUT2D eigenvalue weighted by Gasteiger charge is 2.72. The number of carbonyl (C=O) groups excluding carboxylic acids is 1. The lowest BCUT2D eigenvalue weighted by Gasteiger charge is -2.63. The minimum Gasteiger partial charge on any atom is -0.394 e. The summed E-state index contributed by atoms with van der Waals surface area (Å²) in [6, 6.07) is 0. The van der Waals surface area contributed by atoms with E-state index in [0.717, 1.165) is 6.42 Å². The maximum Gasteiger partial charge on any atom is 0.187 e. The summed E-state index contributed by atoms with van der Waals surface area (Å²) in [5.74, 6) is -1.21. The van der Waals surface area contributed by atoms with Crippen molar-refractivity contribution in [2.45, 2.75) is 152 Å². The molecule has 0 amide bonds. The second-order valence-electron chi connectivity index (χ2n) is 15.8. The molecule has 5 aliphatic rings. The van der Waals surface area contributed by atoms with Crippen molar-refractivity contribution in [2.24, 2.45) is 28.6 Å². The third-order valence-corrected chi connectivity index (χ3v) is 12.8. The van der Waals surface area contributed by atoms with Crippen molar-refractivity contribution in [1.29, 1.82) is 0 Å². The van der Waals surface area contributed by atoms with E-state index in [1.807, 2.05) is 6.92 Å². The predicted molar refractivity (Wildman–Crippen MR) is 159 cm³/mol. The molecule has 12 heteroatoms. The van der Waals surface area contributed by atoms with E-state index in [2.05, 4.69) is 13.8 Å². The fourth-order valence-electron chi connectivity index (χ4n) is 9.78. The summed E-state index contributed by atoms with van der Waals surface area (Å²) in [7, 11) is 0. The van der Waals surface area contributed by atoms with E-state index in [1.165, 1.54) is 6.08 Å². The van der Waals surface area contributed by atoms with E-state index in [4.69, 9.17) is 9.47 Å². The molecule has 4 aliphatic carbocycles. The van der Waals surface area contributed by atoms with Crippen LogP contribution in [-0.2, 0) is 14.3 Å². The van der Waals surface area contributed by atoms with Gasteiger partial charge in [0.2, 0.25) is 0 Å². The second kappa shape index (κ2) is 11.8. The molecule has 0 aromatic carbocycles. The molecule has 0 radical (unpaired) electrons. The minimum absolute atomic E-state index is 0.0822. The lowest BCUT2D eigenvalue weighted by molar-refractivity contribution is -0.327. The lowest BCUT2D eigenvalue weighted by Crippen LogP contribution is -2.70. The Morgan fingerprint density at radius 1 is 0.978 bits per heavy atom. The molecule has 45 heavy (non-hydrogen) atoms. The van der Waals surface area contributed by atoms with Crippen molar-refractivity contribution >= 4 is 5.78 Å². The highest BCUT2D eigenvalue weighted by Crippen LogP contribution is 2.69. The van der Waals surface area contributed by atoms with Crippen molar-refractivity contribution in [2.75, 3.05) is 6.61 Å². The summed E-state index contributed by atoms with van der Waals surface area (Å²) in [4.78, 5) is 13.9. The Bertz CT molecular complexity index is 1160. The number of fused-ring (bicyclic) bond motifs is 5. The van der Waals surface area contributed by atoms with Gasteiger partial charge in [0, 0.05) is 17.3 Å². The Kier molecular flexibility index (Phi) is 9.28. The van der Waals surface area contributed by atoms with E-state index >= 15 is 0 Å². The molecular formula is C33H54O12. The summed E-state index contributed by atoms with van der Waals surface area (Å²) < 4.78 is 11.3. The molecule has 5 rings (SSSR count). The number of carbonyl (C=O) groups is 1. The van der Waals surface area contributed by atoms with Crippen LogP contribution in [0.3, 0.4) is 0 Å². The Morgan fingerprint density at radius 2 is 1.64 bits per heavy atom. The number of rotatable bonds is 8. The zero-order valence-corrected chi connectivity index (χ0v) is 27.0. The molecule has 12 nitrogen and oxygen atoms in total. The van der Waals surface area contributed by atoms with Crippen molar-refractivity contribution in [3.8, 4) is 0 Å². The van der Waals surface area contributed by atoms with E-state index in [0.29, 0.717) is 37.2 Å². The second-order valence-corrected chi connectivity index (χ2v) is 15.8. The highest BCUT2D eigenvalue weighted by atomic mass is 16.7. The monoisotopic (exact) mass is 642 g/mol. The normalized spacial score (nSPS) is 50.3. The van der Waals surface area contributed by atoms with Crippen LogP contribution in [0.2, 0.25) is 0 Å². The topological polar surface area (TPSA) is 218 Å². The molecule has 0 spiro atoms.